The first-order valence-corrected chi connectivity index (χ1v) is 11.3. The van der Waals surface area contributed by atoms with Crippen LogP contribution in [0.3, 0.4) is 0 Å². The molecule has 0 saturated carbocycles. The summed E-state index contributed by atoms with van der Waals surface area (Å²) in [6, 6.07) is 0.530. The Morgan fingerprint density at radius 2 is 1.93 bits per heavy atom. The van der Waals surface area contributed by atoms with Gasteiger partial charge in [-0.1, -0.05) is 20.3 Å². The topological polar surface area (TPSA) is 70.4 Å². The van der Waals surface area contributed by atoms with Gasteiger partial charge in [0.15, 0.2) is 5.96 Å². The number of nitrogens with zero attached hydrogens (tertiary/aromatic N) is 5. The van der Waals surface area contributed by atoms with E-state index < -0.39 is 0 Å². The van der Waals surface area contributed by atoms with Gasteiger partial charge in [-0.2, -0.15) is 0 Å². The van der Waals surface area contributed by atoms with Crippen molar-refractivity contribution in [3.8, 4) is 0 Å². The monoisotopic (exact) mass is 517 g/mol. The largest absolute Gasteiger partial charge is 0.356 e. The molecule has 3 heterocycles. The van der Waals surface area contributed by atoms with Gasteiger partial charge < -0.3 is 20.1 Å². The third-order valence-corrected chi connectivity index (χ3v) is 5.83. The maximum Gasteiger partial charge on any atom is 0.191 e. The summed E-state index contributed by atoms with van der Waals surface area (Å²) in [4.78, 5) is 7.00. The highest BCUT2D eigenvalue weighted by atomic mass is 127. The summed E-state index contributed by atoms with van der Waals surface area (Å²) in [6.45, 7) is 10.2. The van der Waals surface area contributed by atoms with E-state index in [0.29, 0.717) is 6.04 Å². The predicted molar refractivity (Wildman–Crippen MR) is 130 cm³/mol. The first kappa shape index (κ1) is 24.4. The van der Waals surface area contributed by atoms with Gasteiger partial charge in [-0.15, -0.1) is 34.2 Å². The maximum atomic E-state index is 4.43. The molecule has 2 N–H and O–H groups in total. The van der Waals surface area contributed by atoms with E-state index in [1.807, 2.05) is 7.05 Å². The van der Waals surface area contributed by atoms with Gasteiger partial charge in [-0.3, -0.25) is 4.99 Å². The van der Waals surface area contributed by atoms with Crippen LogP contribution >= 0.6 is 24.0 Å². The van der Waals surface area contributed by atoms with E-state index in [9.17, 15) is 0 Å². The van der Waals surface area contributed by atoms with E-state index in [0.717, 1.165) is 50.1 Å². The number of aryl methyl sites for hydroxylation is 2. The Morgan fingerprint density at radius 1 is 1.14 bits per heavy atom. The van der Waals surface area contributed by atoms with Crippen LogP contribution in [0.25, 0.3) is 0 Å². The number of fused-ring (bicyclic) bond motifs is 1. The molecule has 1 fully saturated rings. The zero-order valence-electron chi connectivity index (χ0n) is 18.5. The molecule has 1 saturated heterocycles. The van der Waals surface area contributed by atoms with Crippen molar-refractivity contribution in [3.05, 3.63) is 11.6 Å². The number of aromatic nitrogens is 3. The molecule has 0 spiro atoms. The number of guanidine groups is 1. The lowest BCUT2D eigenvalue weighted by Gasteiger charge is -2.34. The molecule has 0 unspecified atom stereocenters. The van der Waals surface area contributed by atoms with Crippen LogP contribution in [0.4, 0.5) is 0 Å². The normalized spacial score (nSPS) is 18.8. The summed E-state index contributed by atoms with van der Waals surface area (Å²) in [6.07, 6.45) is 9.30. The first-order chi connectivity index (χ1) is 13.7. The highest BCUT2D eigenvalue weighted by Gasteiger charge is 2.20. The highest BCUT2D eigenvalue weighted by Crippen LogP contribution is 2.15. The lowest BCUT2D eigenvalue weighted by Crippen LogP contribution is -2.49. The van der Waals surface area contributed by atoms with Crippen molar-refractivity contribution >= 4 is 29.9 Å². The van der Waals surface area contributed by atoms with E-state index in [-0.39, 0.29) is 24.0 Å². The molecule has 29 heavy (non-hydrogen) atoms. The van der Waals surface area contributed by atoms with Crippen LogP contribution in [0.5, 0.6) is 0 Å². The minimum atomic E-state index is 0. The molecule has 0 bridgehead atoms. The average Bonchev–Trinajstić information content (AvgIpc) is 2.91. The van der Waals surface area contributed by atoms with Gasteiger partial charge >= 0.3 is 0 Å². The van der Waals surface area contributed by atoms with Crippen molar-refractivity contribution in [2.24, 2.45) is 10.9 Å². The van der Waals surface area contributed by atoms with Gasteiger partial charge in [-0.05, 0) is 38.0 Å². The van der Waals surface area contributed by atoms with E-state index in [1.165, 1.54) is 57.6 Å². The van der Waals surface area contributed by atoms with Gasteiger partial charge in [0, 0.05) is 58.7 Å². The molecule has 2 aliphatic rings. The molecular weight excluding hydrogens is 477 g/mol. The number of nitrogens with one attached hydrogen (secondary N) is 2. The van der Waals surface area contributed by atoms with Crippen molar-refractivity contribution in [2.45, 2.75) is 77.8 Å². The van der Waals surface area contributed by atoms with E-state index >= 15 is 0 Å². The van der Waals surface area contributed by atoms with Crippen molar-refractivity contribution in [2.75, 3.05) is 33.2 Å². The molecule has 7 nitrogen and oxygen atoms in total. The van der Waals surface area contributed by atoms with Gasteiger partial charge in [0.1, 0.15) is 11.6 Å². The number of piperidine rings is 1. The maximum absolute atomic E-state index is 4.43. The zero-order chi connectivity index (χ0) is 19.8. The SMILES string of the molecule is CN=C(NCCCc1nnc2n1CCCCC2)NC1CCN(CC(C)C)CC1.I. The second-order valence-electron chi connectivity index (χ2n) is 8.71. The Hall–Kier alpha value is -0.900. The Bertz CT molecular complexity index is 621. The molecule has 8 heteroatoms. The standard InChI is InChI=1S/C21H39N7.HI/c1-17(2)16-27-14-10-18(11-15-27)24-21(22-3)23-12-7-9-20-26-25-19-8-5-4-6-13-28(19)20;/h17-18H,4-16H2,1-3H3,(H2,22,23,24);1H. The van der Waals surface area contributed by atoms with E-state index in [4.69, 9.17) is 0 Å². The zero-order valence-corrected chi connectivity index (χ0v) is 20.8. The third kappa shape index (κ3) is 7.70. The van der Waals surface area contributed by atoms with Crippen molar-refractivity contribution in [3.63, 3.8) is 0 Å². The van der Waals surface area contributed by atoms with Crippen molar-refractivity contribution < 1.29 is 0 Å². The van der Waals surface area contributed by atoms with Crippen LogP contribution in [0, 0.1) is 5.92 Å². The fraction of sp³-hybridized carbons (Fsp3) is 0.857. The lowest BCUT2D eigenvalue weighted by atomic mass is 10.0. The number of hydrogen-bond donors (Lipinski definition) is 2. The van der Waals surface area contributed by atoms with Crippen molar-refractivity contribution in [1.82, 2.24) is 30.3 Å². The Labute approximate surface area is 193 Å². The lowest BCUT2D eigenvalue weighted by molar-refractivity contribution is 0.187. The van der Waals surface area contributed by atoms with Crippen molar-refractivity contribution in [1.29, 1.82) is 0 Å². The summed E-state index contributed by atoms with van der Waals surface area (Å²) in [5, 5.41) is 15.9. The van der Waals surface area contributed by atoms with E-state index in [2.05, 4.69) is 49.1 Å². The molecule has 0 atom stereocenters. The number of rotatable bonds is 7. The molecule has 0 aliphatic carbocycles. The molecule has 3 rings (SSSR count). The molecule has 0 aromatic carbocycles. The summed E-state index contributed by atoms with van der Waals surface area (Å²) < 4.78 is 2.35. The number of likely N-dealkylation sites (tertiary alicyclic amines) is 1. The van der Waals surface area contributed by atoms with Crippen LogP contribution < -0.4 is 10.6 Å². The Morgan fingerprint density at radius 3 is 2.66 bits per heavy atom. The van der Waals surface area contributed by atoms with Gasteiger partial charge in [-0.25, -0.2) is 0 Å². The summed E-state index contributed by atoms with van der Waals surface area (Å²) >= 11 is 0. The van der Waals surface area contributed by atoms with Crippen LogP contribution in [-0.2, 0) is 19.4 Å². The summed E-state index contributed by atoms with van der Waals surface area (Å²) in [5.41, 5.74) is 0. The molecule has 0 radical (unpaired) electrons. The number of aliphatic imine (C=N–C) groups is 1. The Kier molecular flexibility index (Phi) is 10.7. The number of hydrogen-bond acceptors (Lipinski definition) is 4. The minimum absolute atomic E-state index is 0. The minimum Gasteiger partial charge on any atom is -0.356 e. The predicted octanol–water partition coefficient (Wildman–Crippen LogP) is 2.84. The molecule has 1 aromatic rings. The van der Waals surface area contributed by atoms with Gasteiger partial charge in [0.05, 0.1) is 0 Å². The smallest absolute Gasteiger partial charge is 0.191 e. The average molecular weight is 518 g/mol. The summed E-state index contributed by atoms with van der Waals surface area (Å²) in [5.74, 6) is 4.02. The molecule has 166 valence electrons. The van der Waals surface area contributed by atoms with Crippen LogP contribution in [0.15, 0.2) is 4.99 Å². The van der Waals surface area contributed by atoms with Crippen LogP contribution in [0.2, 0.25) is 0 Å². The molecule has 0 amide bonds. The van der Waals surface area contributed by atoms with Gasteiger partial charge in [0.25, 0.3) is 0 Å². The van der Waals surface area contributed by atoms with Crippen LogP contribution in [-0.4, -0.2) is 64.9 Å². The van der Waals surface area contributed by atoms with Gasteiger partial charge in [0.2, 0.25) is 0 Å². The highest BCUT2D eigenvalue weighted by molar-refractivity contribution is 14.0. The Balaban J connectivity index is 0.00000300. The fourth-order valence-corrected chi connectivity index (χ4v) is 4.35. The second-order valence-corrected chi connectivity index (χ2v) is 8.71. The molecular formula is C21H40IN7. The third-order valence-electron chi connectivity index (χ3n) is 5.83. The fourth-order valence-electron chi connectivity index (χ4n) is 4.35. The summed E-state index contributed by atoms with van der Waals surface area (Å²) in [7, 11) is 1.86. The second kappa shape index (κ2) is 12.7. The molecule has 2 aliphatic heterocycles. The van der Waals surface area contributed by atoms with E-state index in [1.54, 1.807) is 0 Å². The molecule has 1 aromatic heterocycles. The first-order valence-electron chi connectivity index (χ1n) is 11.3. The van der Waals surface area contributed by atoms with Crippen LogP contribution in [0.1, 0.15) is 64.0 Å². The quantitative estimate of drug-likeness (QED) is 0.252. The number of halogens is 1.